The van der Waals surface area contributed by atoms with E-state index in [0.717, 1.165) is 68.6 Å². The van der Waals surface area contributed by atoms with Crippen molar-refractivity contribution < 1.29 is 9.53 Å². The maximum absolute atomic E-state index is 13.3. The normalized spacial score (nSPS) is 15.7. The number of anilines is 1. The molecule has 1 aliphatic heterocycles. The van der Waals surface area contributed by atoms with Crippen LogP contribution in [0.15, 0.2) is 54.7 Å². The monoisotopic (exact) mass is 473 g/mol. The van der Waals surface area contributed by atoms with E-state index in [-0.39, 0.29) is 12.1 Å². The number of ether oxygens (including phenoxy) is 1. The number of fused-ring (bicyclic) bond motifs is 1. The van der Waals surface area contributed by atoms with Gasteiger partial charge < -0.3 is 14.6 Å². The molecule has 1 amide bonds. The molecule has 2 heterocycles. The Morgan fingerprint density at radius 1 is 1.14 bits per heavy atom. The van der Waals surface area contributed by atoms with Gasteiger partial charge in [0.25, 0.3) is 0 Å². The van der Waals surface area contributed by atoms with Gasteiger partial charge in [0.2, 0.25) is 5.91 Å². The smallest absolute Gasteiger partial charge is 0.243 e. The van der Waals surface area contributed by atoms with Crippen molar-refractivity contribution in [2.45, 2.75) is 32.4 Å². The number of para-hydroxylation sites is 1. The number of hydrogen-bond donors (Lipinski definition) is 1. The minimum Gasteiger partial charge on any atom is -0.361 e. The van der Waals surface area contributed by atoms with E-state index >= 15 is 0 Å². The highest BCUT2D eigenvalue weighted by atomic mass is 16.5. The van der Waals surface area contributed by atoms with Crippen LogP contribution in [0, 0.1) is 11.3 Å². The number of methoxy groups -OCH3 is 1. The summed E-state index contributed by atoms with van der Waals surface area (Å²) in [4.78, 5) is 23.1. The zero-order valence-electron chi connectivity index (χ0n) is 20.7. The molecule has 1 unspecified atom stereocenters. The van der Waals surface area contributed by atoms with Crippen molar-refractivity contribution in [3.8, 4) is 6.07 Å². The molecule has 7 nitrogen and oxygen atoms in total. The Morgan fingerprint density at radius 2 is 1.89 bits per heavy atom. The van der Waals surface area contributed by atoms with Gasteiger partial charge in [-0.25, -0.2) is 0 Å². The topological polar surface area (TPSA) is 75.6 Å². The summed E-state index contributed by atoms with van der Waals surface area (Å²) in [6, 6.07) is 17.8. The first kappa shape index (κ1) is 24.9. The number of nitrogens with one attached hydrogen (secondary N) is 1. The SMILES string of the molecule is CCC(OC)N(C(=O)CN1CCN(CCCc2c[nH]c3ccc(C#N)cc23)CC1)c1ccccc1. The molecule has 0 radical (unpaired) electrons. The van der Waals surface area contributed by atoms with Crippen LogP contribution >= 0.6 is 0 Å². The summed E-state index contributed by atoms with van der Waals surface area (Å²) in [5, 5.41) is 10.3. The van der Waals surface area contributed by atoms with Crippen LogP contribution in [0.25, 0.3) is 10.9 Å². The molecule has 0 bridgehead atoms. The molecule has 7 heteroatoms. The molecule has 1 aromatic heterocycles. The van der Waals surface area contributed by atoms with Gasteiger partial charge >= 0.3 is 0 Å². The lowest BCUT2D eigenvalue weighted by atomic mass is 10.1. The highest BCUT2D eigenvalue weighted by molar-refractivity contribution is 5.95. The van der Waals surface area contributed by atoms with Gasteiger partial charge in [-0.15, -0.1) is 0 Å². The summed E-state index contributed by atoms with van der Waals surface area (Å²) in [5.41, 5.74) is 3.93. The average molecular weight is 474 g/mol. The molecule has 2 aromatic carbocycles. The fraction of sp³-hybridized carbons (Fsp3) is 0.429. The van der Waals surface area contributed by atoms with Gasteiger partial charge in [0, 0.05) is 56.1 Å². The summed E-state index contributed by atoms with van der Waals surface area (Å²) in [5.74, 6) is 0.0782. The number of carbonyl (C=O) groups is 1. The van der Waals surface area contributed by atoms with Gasteiger partial charge in [0.05, 0.1) is 18.2 Å². The molecule has 184 valence electrons. The number of aromatic nitrogens is 1. The second kappa shape index (κ2) is 12.0. The number of H-pyrrole nitrogens is 1. The maximum Gasteiger partial charge on any atom is 0.243 e. The van der Waals surface area contributed by atoms with Crippen LogP contribution in [0.1, 0.15) is 30.9 Å². The van der Waals surface area contributed by atoms with Gasteiger partial charge in [-0.1, -0.05) is 25.1 Å². The molecule has 1 saturated heterocycles. The predicted octanol–water partition coefficient (Wildman–Crippen LogP) is 4.01. The number of nitriles is 1. The number of piperazine rings is 1. The Bertz CT molecular complexity index is 1140. The molecule has 1 aliphatic rings. The fourth-order valence-electron chi connectivity index (χ4n) is 4.90. The van der Waals surface area contributed by atoms with E-state index in [1.807, 2.05) is 55.5 Å². The summed E-state index contributed by atoms with van der Waals surface area (Å²) in [6.45, 7) is 7.17. The van der Waals surface area contributed by atoms with Gasteiger partial charge in [-0.05, 0) is 61.7 Å². The maximum atomic E-state index is 13.3. The van der Waals surface area contributed by atoms with E-state index in [0.29, 0.717) is 12.1 Å². The van der Waals surface area contributed by atoms with Crippen molar-refractivity contribution in [2.24, 2.45) is 0 Å². The molecule has 0 spiro atoms. The van der Waals surface area contributed by atoms with Crippen molar-refractivity contribution in [1.29, 1.82) is 5.26 Å². The molecule has 0 aliphatic carbocycles. The Kier molecular flexibility index (Phi) is 8.54. The zero-order chi connectivity index (χ0) is 24.6. The lowest BCUT2D eigenvalue weighted by Gasteiger charge is -2.36. The summed E-state index contributed by atoms with van der Waals surface area (Å²) < 4.78 is 5.62. The van der Waals surface area contributed by atoms with Gasteiger partial charge in [0.15, 0.2) is 0 Å². The van der Waals surface area contributed by atoms with Crippen molar-refractivity contribution in [1.82, 2.24) is 14.8 Å². The molecule has 0 saturated carbocycles. The molecule has 3 aromatic rings. The van der Waals surface area contributed by atoms with Crippen LogP contribution in [-0.2, 0) is 16.0 Å². The van der Waals surface area contributed by atoms with Crippen LogP contribution in [0.3, 0.4) is 0 Å². The van der Waals surface area contributed by atoms with E-state index < -0.39 is 0 Å². The lowest BCUT2D eigenvalue weighted by Crippen LogP contribution is -2.52. The van der Waals surface area contributed by atoms with Crippen LogP contribution < -0.4 is 4.90 Å². The second-order valence-corrected chi connectivity index (χ2v) is 9.11. The lowest BCUT2D eigenvalue weighted by molar-refractivity contribution is -0.122. The fourth-order valence-corrected chi connectivity index (χ4v) is 4.90. The first-order chi connectivity index (χ1) is 17.1. The van der Waals surface area contributed by atoms with Crippen molar-refractivity contribution in [3.63, 3.8) is 0 Å². The Morgan fingerprint density at radius 3 is 2.57 bits per heavy atom. The van der Waals surface area contributed by atoms with Gasteiger partial charge in [-0.2, -0.15) is 5.26 Å². The molecular weight excluding hydrogens is 438 g/mol. The largest absolute Gasteiger partial charge is 0.361 e. The zero-order valence-corrected chi connectivity index (χ0v) is 20.7. The van der Waals surface area contributed by atoms with Crippen LogP contribution in [0.5, 0.6) is 0 Å². The van der Waals surface area contributed by atoms with Crippen LogP contribution in [0.2, 0.25) is 0 Å². The van der Waals surface area contributed by atoms with Gasteiger partial charge in [0.1, 0.15) is 6.23 Å². The number of aryl methyl sites for hydroxylation is 1. The molecule has 1 atom stereocenters. The van der Waals surface area contributed by atoms with E-state index in [4.69, 9.17) is 4.74 Å². The minimum atomic E-state index is -0.264. The molecule has 1 fully saturated rings. The number of hydrogen-bond acceptors (Lipinski definition) is 5. The molecule has 35 heavy (non-hydrogen) atoms. The average Bonchev–Trinajstić information content (AvgIpc) is 3.30. The third-order valence-corrected chi connectivity index (χ3v) is 6.85. The Hall–Kier alpha value is -3.18. The number of benzene rings is 2. The molecule has 1 N–H and O–H groups in total. The number of aromatic amines is 1. The molecular formula is C28H35N5O2. The second-order valence-electron chi connectivity index (χ2n) is 9.11. The van der Waals surface area contributed by atoms with Crippen LogP contribution in [0.4, 0.5) is 5.69 Å². The summed E-state index contributed by atoms with van der Waals surface area (Å²) >= 11 is 0. The van der Waals surface area contributed by atoms with Crippen LogP contribution in [-0.4, -0.2) is 73.3 Å². The number of carbonyl (C=O) groups excluding carboxylic acids is 1. The number of amides is 1. The Balaban J connectivity index is 1.26. The third-order valence-electron chi connectivity index (χ3n) is 6.85. The van der Waals surface area contributed by atoms with Crippen molar-refractivity contribution in [2.75, 3.05) is 51.3 Å². The summed E-state index contributed by atoms with van der Waals surface area (Å²) in [6.07, 6.45) is 4.59. The Labute approximate surface area is 207 Å². The highest BCUT2D eigenvalue weighted by Gasteiger charge is 2.27. The summed E-state index contributed by atoms with van der Waals surface area (Å²) in [7, 11) is 1.66. The minimum absolute atomic E-state index is 0.0782. The predicted molar refractivity (Wildman–Crippen MR) is 139 cm³/mol. The quantitative estimate of drug-likeness (QED) is 0.451. The number of rotatable bonds is 10. The van der Waals surface area contributed by atoms with Crippen molar-refractivity contribution >= 4 is 22.5 Å². The first-order valence-corrected chi connectivity index (χ1v) is 12.5. The number of nitrogens with zero attached hydrogens (tertiary/aromatic N) is 4. The first-order valence-electron chi connectivity index (χ1n) is 12.5. The molecule has 4 rings (SSSR count). The van der Waals surface area contributed by atoms with E-state index in [1.165, 1.54) is 5.56 Å². The van der Waals surface area contributed by atoms with E-state index in [1.54, 1.807) is 12.0 Å². The third kappa shape index (κ3) is 6.09. The van der Waals surface area contributed by atoms with Crippen molar-refractivity contribution in [3.05, 3.63) is 65.9 Å². The standard InChI is InChI=1S/C28H35N5O2/c1-3-28(35-2)33(24-9-5-4-6-10-24)27(34)21-32-16-14-31(15-17-32)13-7-8-23-20-30-26-12-11-22(19-29)18-25(23)26/h4-6,9-12,18,20,28,30H,3,7-8,13-17,21H2,1-2H3. The highest BCUT2D eigenvalue weighted by Crippen LogP contribution is 2.22. The van der Waals surface area contributed by atoms with E-state index in [2.05, 4.69) is 27.0 Å². The van der Waals surface area contributed by atoms with Gasteiger partial charge in [-0.3, -0.25) is 14.6 Å². The van der Waals surface area contributed by atoms with E-state index in [9.17, 15) is 10.1 Å².